The number of hydrogen-bond acceptors (Lipinski definition) is 3. The monoisotopic (exact) mass is 304 g/mol. The van der Waals surface area contributed by atoms with Crippen LogP contribution in [-0.2, 0) is 22.0 Å². The van der Waals surface area contributed by atoms with Gasteiger partial charge < -0.3 is 4.74 Å². The van der Waals surface area contributed by atoms with Crippen LogP contribution in [0.4, 0.5) is 0 Å². The minimum absolute atomic E-state index is 0.0185. The summed E-state index contributed by atoms with van der Waals surface area (Å²) in [5.74, 6) is 0.794. The van der Waals surface area contributed by atoms with Crippen LogP contribution < -0.4 is 4.74 Å². The van der Waals surface area contributed by atoms with E-state index >= 15 is 0 Å². The summed E-state index contributed by atoms with van der Waals surface area (Å²) in [6.07, 6.45) is 0.539. The van der Waals surface area contributed by atoms with Gasteiger partial charge in [0.15, 0.2) is 9.84 Å². The Balaban J connectivity index is 2.09. The van der Waals surface area contributed by atoms with Gasteiger partial charge in [0.05, 0.1) is 18.6 Å². The molecule has 0 atom stereocenters. The zero-order valence-electron chi connectivity index (χ0n) is 12.4. The Bertz CT molecular complexity index is 691. The molecule has 2 rings (SSSR count). The van der Waals surface area contributed by atoms with Crippen molar-refractivity contribution in [1.29, 1.82) is 0 Å². The first-order chi connectivity index (χ1) is 10.00. The Morgan fingerprint density at radius 3 is 2.43 bits per heavy atom. The molecule has 21 heavy (non-hydrogen) atoms. The lowest BCUT2D eigenvalue weighted by Crippen LogP contribution is -2.12. The van der Waals surface area contributed by atoms with Crippen LogP contribution >= 0.6 is 0 Å². The van der Waals surface area contributed by atoms with Crippen LogP contribution in [0.5, 0.6) is 5.75 Å². The molecule has 0 aliphatic heterocycles. The van der Waals surface area contributed by atoms with E-state index in [1.54, 1.807) is 7.11 Å². The second kappa shape index (κ2) is 6.76. The first kappa shape index (κ1) is 15.6. The Morgan fingerprint density at radius 2 is 1.76 bits per heavy atom. The predicted octanol–water partition coefficient (Wildman–Crippen LogP) is 3.16. The van der Waals surface area contributed by atoms with Gasteiger partial charge in [-0.1, -0.05) is 48.0 Å². The van der Waals surface area contributed by atoms with Crippen molar-refractivity contribution >= 4 is 9.84 Å². The lowest BCUT2D eigenvalue weighted by molar-refractivity contribution is 0.411. The van der Waals surface area contributed by atoms with Crippen molar-refractivity contribution in [3.05, 3.63) is 65.2 Å². The molecule has 0 aliphatic carbocycles. The first-order valence-electron chi connectivity index (χ1n) is 6.88. The number of aryl methyl sites for hydroxylation is 2. The van der Waals surface area contributed by atoms with E-state index in [1.165, 1.54) is 0 Å². The first-order valence-corrected chi connectivity index (χ1v) is 8.70. The summed E-state index contributed by atoms with van der Waals surface area (Å²) in [5, 5.41) is 0. The zero-order valence-corrected chi connectivity index (χ0v) is 13.2. The van der Waals surface area contributed by atoms with Gasteiger partial charge in [-0.25, -0.2) is 8.42 Å². The van der Waals surface area contributed by atoms with E-state index in [2.05, 4.69) is 0 Å². The van der Waals surface area contributed by atoms with E-state index < -0.39 is 9.84 Å². The molecule has 0 amide bonds. The SMILES string of the molecule is COc1ccc(C)cc1CS(=O)(=O)CCc1ccccc1. The largest absolute Gasteiger partial charge is 0.496 e. The molecule has 3 nitrogen and oxygen atoms in total. The minimum Gasteiger partial charge on any atom is -0.496 e. The van der Waals surface area contributed by atoms with Crippen molar-refractivity contribution in [3.63, 3.8) is 0 Å². The van der Waals surface area contributed by atoms with Gasteiger partial charge in [-0.15, -0.1) is 0 Å². The van der Waals surface area contributed by atoms with Crippen molar-refractivity contribution in [2.75, 3.05) is 12.9 Å². The summed E-state index contributed by atoms with van der Waals surface area (Å²) in [6.45, 7) is 1.94. The van der Waals surface area contributed by atoms with Crippen molar-refractivity contribution in [3.8, 4) is 5.75 Å². The van der Waals surface area contributed by atoms with Crippen molar-refractivity contribution < 1.29 is 13.2 Å². The van der Waals surface area contributed by atoms with Gasteiger partial charge in [-0.3, -0.25) is 0 Å². The van der Waals surface area contributed by atoms with Crippen molar-refractivity contribution in [2.24, 2.45) is 0 Å². The van der Waals surface area contributed by atoms with Gasteiger partial charge in [-0.05, 0) is 25.0 Å². The summed E-state index contributed by atoms with van der Waals surface area (Å²) in [5.41, 5.74) is 2.80. The van der Waals surface area contributed by atoms with E-state index in [9.17, 15) is 8.42 Å². The maximum absolute atomic E-state index is 12.3. The quantitative estimate of drug-likeness (QED) is 0.823. The summed E-state index contributed by atoms with van der Waals surface area (Å²) >= 11 is 0. The van der Waals surface area contributed by atoms with Gasteiger partial charge in [0, 0.05) is 5.56 Å². The smallest absolute Gasteiger partial charge is 0.154 e. The standard InChI is InChI=1S/C17H20O3S/c1-14-8-9-17(20-2)16(12-14)13-21(18,19)11-10-15-6-4-3-5-7-15/h3-9,12H,10-11,13H2,1-2H3. The third-order valence-electron chi connectivity index (χ3n) is 3.36. The highest BCUT2D eigenvalue weighted by Crippen LogP contribution is 2.22. The third-order valence-corrected chi connectivity index (χ3v) is 4.93. The summed E-state index contributed by atoms with van der Waals surface area (Å²) in [4.78, 5) is 0. The fraction of sp³-hybridized carbons (Fsp3) is 0.294. The zero-order chi connectivity index (χ0) is 15.3. The van der Waals surface area contributed by atoms with Gasteiger partial charge in [-0.2, -0.15) is 0 Å². The number of sulfone groups is 1. The molecular formula is C17H20O3S. The van der Waals surface area contributed by atoms with Crippen LogP contribution in [0.2, 0.25) is 0 Å². The normalized spacial score (nSPS) is 11.3. The maximum Gasteiger partial charge on any atom is 0.154 e. The highest BCUT2D eigenvalue weighted by atomic mass is 32.2. The molecule has 2 aromatic carbocycles. The summed E-state index contributed by atoms with van der Waals surface area (Å²) in [6, 6.07) is 15.3. The van der Waals surface area contributed by atoms with E-state index in [-0.39, 0.29) is 11.5 Å². The minimum atomic E-state index is -3.16. The molecule has 0 unspecified atom stereocenters. The van der Waals surface area contributed by atoms with Crippen molar-refractivity contribution in [2.45, 2.75) is 19.1 Å². The molecule has 0 aliphatic rings. The Hall–Kier alpha value is -1.81. The maximum atomic E-state index is 12.3. The number of ether oxygens (including phenoxy) is 1. The van der Waals surface area contributed by atoms with Gasteiger partial charge >= 0.3 is 0 Å². The Labute approximate surface area is 126 Å². The van der Waals surface area contributed by atoms with Crippen LogP contribution in [-0.4, -0.2) is 21.3 Å². The molecule has 0 fully saturated rings. The van der Waals surface area contributed by atoms with Crippen LogP contribution in [0.25, 0.3) is 0 Å². The van der Waals surface area contributed by atoms with Gasteiger partial charge in [0.2, 0.25) is 0 Å². The molecule has 0 heterocycles. The van der Waals surface area contributed by atoms with Crippen LogP contribution in [0.1, 0.15) is 16.7 Å². The molecule has 2 aromatic rings. The summed E-state index contributed by atoms with van der Waals surface area (Å²) < 4.78 is 29.8. The highest BCUT2D eigenvalue weighted by Gasteiger charge is 2.15. The molecule has 0 aromatic heterocycles. The molecule has 0 bridgehead atoms. The van der Waals surface area contributed by atoms with E-state index in [4.69, 9.17) is 4.74 Å². The number of rotatable bonds is 6. The second-order valence-corrected chi connectivity index (χ2v) is 7.33. The average Bonchev–Trinajstić information content (AvgIpc) is 2.46. The number of hydrogen-bond donors (Lipinski definition) is 0. The molecule has 0 N–H and O–H groups in total. The highest BCUT2D eigenvalue weighted by molar-refractivity contribution is 7.90. The van der Waals surface area contributed by atoms with Crippen LogP contribution in [0.3, 0.4) is 0 Å². The Kier molecular flexibility index (Phi) is 5.02. The lowest BCUT2D eigenvalue weighted by Gasteiger charge is -2.10. The third kappa shape index (κ3) is 4.60. The van der Waals surface area contributed by atoms with Gasteiger partial charge in [0.25, 0.3) is 0 Å². The van der Waals surface area contributed by atoms with Crippen LogP contribution in [0, 0.1) is 6.92 Å². The average molecular weight is 304 g/mol. The molecular weight excluding hydrogens is 284 g/mol. The molecule has 112 valence electrons. The molecule has 4 heteroatoms. The number of methoxy groups -OCH3 is 1. The lowest BCUT2D eigenvalue weighted by atomic mass is 10.1. The van der Waals surface area contributed by atoms with E-state index in [1.807, 2.05) is 55.5 Å². The van der Waals surface area contributed by atoms with Crippen molar-refractivity contribution in [1.82, 2.24) is 0 Å². The van der Waals surface area contributed by atoms with E-state index in [0.717, 1.165) is 16.7 Å². The number of benzene rings is 2. The Morgan fingerprint density at radius 1 is 1.05 bits per heavy atom. The second-order valence-electron chi connectivity index (χ2n) is 5.14. The summed E-state index contributed by atoms with van der Waals surface area (Å²) in [7, 11) is -1.60. The van der Waals surface area contributed by atoms with Gasteiger partial charge in [0.1, 0.15) is 5.75 Å². The molecule has 0 saturated heterocycles. The molecule has 0 saturated carbocycles. The van der Waals surface area contributed by atoms with Crippen LogP contribution in [0.15, 0.2) is 48.5 Å². The topological polar surface area (TPSA) is 43.4 Å². The predicted molar refractivity (Wildman–Crippen MR) is 85.4 cm³/mol. The fourth-order valence-electron chi connectivity index (χ4n) is 2.25. The molecule has 0 spiro atoms. The molecule has 0 radical (unpaired) electrons. The fourth-order valence-corrected chi connectivity index (χ4v) is 3.64. The van der Waals surface area contributed by atoms with E-state index in [0.29, 0.717) is 12.2 Å².